The van der Waals surface area contributed by atoms with Crippen LogP contribution in [0, 0.1) is 6.92 Å². The van der Waals surface area contributed by atoms with E-state index in [-0.39, 0.29) is 11.9 Å². The number of nitrogens with zero attached hydrogens (tertiary/aromatic N) is 3. The highest BCUT2D eigenvalue weighted by Crippen LogP contribution is 2.33. The number of amides is 1. The Kier molecular flexibility index (Phi) is 3.65. The highest BCUT2D eigenvalue weighted by molar-refractivity contribution is 5.93. The van der Waals surface area contributed by atoms with Gasteiger partial charge in [-0.1, -0.05) is 40.6 Å². The molecule has 1 atom stereocenters. The molecule has 0 aliphatic carbocycles. The molecule has 0 saturated carbocycles. The molecule has 0 bridgehead atoms. The van der Waals surface area contributed by atoms with Crippen LogP contribution in [0.15, 0.2) is 51.5 Å². The van der Waals surface area contributed by atoms with Crippen molar-refractivity contribution >= 4 is 5.91 Å². The predicted octanol–water partition coefficient (Wildman–Crippen LogP) is 3.62. The van der Waals surface area contributed by atoms with Gasteiger partial charge in [-0.15, -0.1) is 0 Å². The Hall–Kier alpha value is -2.89. The van der Waals surface area contributed by atoms with E-state index < -0.39 is 0 Å². The van der Waals surface area contributed by atoms with Crippen molar-refractivity contribution in [2.45, 2.75) is 25.8 Å². The molecule has 0 N–H and O–H groups in total. The largest absolute Gasteiger partial charge is 0.361 e. The Bertz CT molecular complexity index is 853. The third kappa shape index (κ3) is 2.60. The van der Waals surface area contributed by atoms with E-state index in [1.807, 2.05) is 43.3 Å². The summed E-state index contributed by atoms with van der Waals surface area (Å²) < 4.78 is 10.5. The maximum atomic E-state index is 12.8. The summed E-state index contributed by atoms with van der Waals surface area (Å²) in [5.41, 5.74) is 2.01. The van der Waals surface area contributed by atoms with Crippen molar-refractivity contribution in [2.75, 3.05) is 6.54 Å². The SMILES string of the molecule is Cc1cc([C@@H]2CCCN2C(=O)c2cc(-c3ccccc3)on2)no1. The molecule has 4 rings (SSSR count). The maximum Gasteiger partial charge on any atom is 0.276 e. The Morgan fingerprint density at radius 2 is 2.00 bits per heavy atom. The molecule has 3 aromatic rings. The highest BCUT2D eigenvalue weighted by Gasteiger charge is 2.34. The van der Waals surface area contributed by atoms with Crippen LogP contribution in [-0.2, 0) is 0 Å². The smallest absolute Gasteiger partial charge is 0.276 e. The van der Waals surface area contributed by atoms with Crippen molar-refractivity contribution in [3.63, 3.8) is 0 Å². The van der Waals surface area contributed by atoms with E-state index in [1.165, 1.54) is 0 Å². The Labute approximate surface area is 139 Å². The lowest BCUT2D eigenvalue weighted by molar-refractivity contribution is 0.0720. The van der Waals surface area contributed by atoms with Gasteiger partial charge in [0.2, 0.25) is 0 Å². The zero-order chi connectivity index (χ0) is 16.5. The molecule has 1 amide bonds. The molecule has 1 aliphatic heterocycles. The van der Waals surface area contributed by atoms with Gasteiger partial charge in [0, 0.05) is 24.2 Å². The summed E-state index contributed by atoms with van der Waals surface area (Å²) in [6, 6.07) is 13.1. The molecule has 122 valence electrons. The number of carbonyl (C=O) groups excluding carboxylic acids is 1. The van der Waals surface area contributed by atoms with Crippen LogP contribution in [0.3, 0.4) is 0 Å². The standard InChI is InChI=1S/C18H17N3O3/c1-12-10-14(19-23-12)16-8-5-9-21(16)18(22)15-11-17(24-20-15)13-6-3-2-4-7-13/h2-4,6-7,10-11,16H,5,8-9H2,1H3/t16-/m0/s1. The number of likely N-dealkylation sites (tertiary alicyclic amines) is 1. The number of hydrogen-bond donors (Lipinski definition) is 0. The van der Waals surface area contributed by atoms with Crippen molar-refractivity contribution in [3.05, 3.63) is 59.6 Å². The normalized spacial score (nSPS) is 17.4. The molecule has 6 heteroatoms. The van der Waals surface area contributed by atoms with E-state index in [1.54, 1.807) is 11.0 Å². The van der Waals surface area contributed by atoms with E-state index in [4.69, 9.17) is 9.05 Å². The summed E-state index contributed by atoms with van der Waals surface area (Å²) in [6.45, 7) is 2.53. The van der Waals surface area contributed by atoms with Crippen molar-refractivity contribution < 1.29 is 13.8 Å². The van der Waals surface area contributed by atoms with Crippen molar-refractivity contribution in [2.24, 2.45) is 0 Å². The van der Waals surface area contributed by atoms with Gasteiger partial charge in [0.15, 0.2) is 11.5 Å². The van der Waals surface area contributed by atoms with Crippen LogP contribution in [0.4, 0.5) is 0 Å². The van der Waals surface area contributed by atoms with Gasteiger partial charge in [-0.05, 0) is 19.8 Å². The van der Waals surface area contributed by atoms with Crippen LogP contribution < -0.4 is 0 Å². The van der Waals surface area contributed by atoms with Crippen LogP contribution in [0.25, 0.3) is 11.3 Å². The second-order valence-electron chi connectivity index (χ2n) is 5.96. The van der Waals surface area contributed by atoms with Crippen molar-refractivity contribution in [3.8, 4) is 11.3 Å². The molecule has 2 aromatic heterocycles. The minimum Gasteiger partial charge on any atom is -0.361 e. The number of benzene rings is 1. The fraction of sp³-hybridized carbons (Fsp3) is 0.278. The molecule has 1 fully saturated rings. The van der Waals surface area contributed by atoms with Gasteiger partial charge in [-0.25, -0.2) is 0 Å². The average Bonchev–Trinajstić information content (AvgIpc) is 3.35. The molecule has 0 unspecified atom stereocenters. The van der Waals surface area contributed by atoms with E-state index in [0.29, 0.717) is 18.0 Å². The maximum absolute atomic E-state index is 12.8. The van der Waals surface area contributed by atoms with Gasteiger partial charge in [0.25, 0.3) is 5.91 Å². The van der Waals surface area contributed by atoms with E-state index in [2.05, 4.69) is 10.3 Å². The third-order valence-electron chi connectivity index (χ3n) is 4.29. The van der Waals surface area contributed by atoms with Crippen LogP contribution in [-0.4, -0.2) is 27.7 Å². The lowest BCUT2D eigenvalue weighted by Crippen LogP contribution is -2.30. The first-order chi connectivity index (χ1) is 11.7. The van der Waals surface area contributed by atoms with Crippen LogP contribution in [0.1, 0.15) is 40.8 Å². The lowest BCUT2D eigenvalue weighted by Gasteiger charge is -2.21. The first kappa shape index (κ1) is 14.7. The van der Waals surface area contributed by atoms with Gasteiger partial charge >= 0.3 is 0 Å². The minimum absolute atomic E-state index is 0.0631. The number of hydrogen-bond acceptors (Lipinski definition) is 5. The molecule has 3 heterocycles. The Balaban J connectivity index is 1.58. The summed E-state index contributed by atoms with van der Waals surface area (Å²) in [6.07, 6.45) is 1.81. The molecular weight excluding hydrogens is 306 g/mol. The van der Waals surface area contributed by atoms with E-state index >= 15 is 0 Å². The summed E-state index contributed by atoms with van der Waals surface area (Å²) in [5, 5.41) is 8.02. The summed E-state index contributed by atoms with van der Waals surface area (Å²) in [5.74, 6) is 1.20. The first-order valence-corrected chi connectivity index (χ1v) is 7.99. The fourth-order valence-corrected chi connectivity index (χ4v) is 3.12. The Morgan fingerprint density at radius 1 is 1.17 bits per heavy atom. The topological polar surface area (TPSA) is 72.4 Å². The number of rotatable bonds is 3. The zero-order valence-electron chi connectivity index (χ0n) is 13.3. The molecule has 1 aliphatic rings. The molecule has 24 heavy (non-hydrogen) atoms. The second-order valence-corrected chi connectivity index (χ2v) is 5.96. The quantitative estimate of drug-likeness (QED) is 0.736. The van der Waals surface area contributed by atoms with Crippen LogP contribution in [0.2, 0.25) is 0 Å². The molecule has 0 spiro atoms. The van der Waals surface area contributed by atoms with E-state index in [0.717, 1.165) is 29.9 Å². The van der Waals surface area contributed by atoms with Gasteiger partial charge in [0.1, 0.15) is 11.5 Å². The summed E-state index contributed by atoms with van der Waals surface area (Å²) >= 11 is 0. The van der Waals surface area contributed by atoms with Gasteiger partial charge in [0.05, 0.1) is 6.04 Å². The summed E-state index contributed by atoms with van der Waals surface area (Å²) in [7, 11) is 0. The monoisotopic (exact) mass is 323 g/mol. The molecule has 1 aromatic carbocycles. The van der Waals surface area contributed by atoms with Gasteiger partial charge in [-0.2, -0.15) is 0 Å². The number of carbonyl (C=O) groups is 1. The minimum atomic E-state index is -0.135. The van der Waals surface area contributed by atoms with Crippen molar-refractivity contribution in [1.82, 2.24) is 15.2 Å². The number of aryl methyl sites for hydroxylation is 1. The lowest BCUT2D eigenvalue weighted by atomic mass is 10.1. The number of aromatic nitrogens is 2. The molecule has 6 nitrogen and oxygen atoms in total. The fourth-order valence-electron chi connectivity index (χ4n) is 3.12. The van der Waals surface area contributed by atoms with Crippen LogP contribution >= 0.6 is 0 Å². The molecular formula is C18H17N3O3. The summed E-state index contributed by atoms with van der Waals surface area (Å²) in [4.78, 5) is 14.6. The molecule has 1 saturated heterocycles. The van der Waals surface area contributed by atoms with Gasteiger partial charge < -0.3 is 13.9 Å². The second kappa shape index (κ2) is 5.96. The zero-order valence-corrected chi connectivity index (χ0v) is 13.3. The van der Waals surface area contributed by atoms with Crippen LogP contribution in [0.5, 0.6) is 0 Å². The van der Waals surface area contributed by atoms with E-state index in [9.17, 15) is 4.79 Å². The predicted molar refractivity (Wildman–Crippen MR) is 86.2 cm³/mol. The average molecular weight is 323 g/mol. The molecule has 0 radical (unpaired) electrons. The third-order valence-corrected chi connectivity index (χ3v) is 4.29. The first-order valence-electron chi connectivity index (χ1n) is 7.99. The highest BCUT2D eigenvalue weighted by atomic mass is 16.5. The Morgan fingerprint density at radius 3 is 2.75 bits per heavy atom. The van der Waals surface area contributed by atoms with Crippen molar-refractivity contribution in [1.29, 1.82) is 0 Å². The van der Waals surface area contributed by atoms with Gasteiger partial charge in [-0.3, -0.25) is 4.79 Å².